The minimum atomic E-state index is -0.966. The van der Waals surface area contributed by atoms with Crippen molar-refractivity contribution in [3.05, 3.63) is 35.3 Å². The topological polar surface area (TPSA) is 80.0 Å². The number of nitrogens with zero attached hydrogens (tertiary/aromatic N) is 3. The Morgan fingerprint density at radius 1 is 1.47 bits per heavy atom. The molecule has 0 bridgehead atoms. The summed E-state index contributed by atoms with van der Waals surface area (Å²) in [6.45, 7) is 3.71. The molecule has 0 aliphatic carbocycles. The average molecular weight is 260 g/mol. The van der Waals surface area contributed by atoms with Crippen LogP contribution in [0.4, 0.5) is 11.5 Å². The first-order chi connectivity index (χ1) is 9.01. The zero-order valence-corrected chi connectivity index (χ0v) is 11.1. The molecule has 0 aromatic carbocycles. The number of carboxylic acid groups (broad SMARTS) is 1. The van der Waals surface area contributed by atoms with Crippen LogP contribution in [0.25, 0.3) is 0 Å². The Morgan fingerprint density at radius 3 is 2.79 bits per heavy atom. The SMILES string of the molecule is CCc1nn(C)cc1Nc1ccc(C(=O)O)c(C)n1. The van der Waals surface area contributed by atoms with Crippen molar-refractivity contribution in [1.29, 1.82) is 0 Å². The van der Waals surface area contributed by atoms with Gasteiger partial charge in [-0.1, -0.05) is 6.92 Å². The standard InChI is InChI=1S/C13H16N4O2/c1-4-10-11(7-17(3)16-10)15-12-6-5-9(13(18)19)8(2)14-12/h5-7H,4H2,1-3H3,(H,14,15)(H,18,19). The fraction of sp³-hybridized carbons (Fsp3) is 0.308. The molecule has 6 nitrogen and oxygen atoms in total. The molecule has 0 aliphatic heterocycles. The molecule has 6 heteroatoms. The van der Waals surface area contributed by atoms with E-state index in [-0.39, 0.29) is 5.56 Å². The molecule has 100 valence electrons. The quantitative estimate of drug-likeness (QED) is 0.880. The number of pyridine rings is 1. The minimum absolute atomic E-state index is 0.215. The smallest absolute Gasteiger partial charge is 0.337 e. The van der Waals surface area contributed by atoms with Crippen LogP contribution in [-0.2, 0) is 13.5 Å². The predicted molar refractivity (Wildman–Crippen MR) is 71.8 cm³/mol. The van der Waals surface area contributed by atoms with Crippen molar-refractivity contribution in [2.45, 2.75) is 20.3 Å². The van der Waals surface area contributed by atoms with Gasteiger partial charge in [-0.15, -0.1) is 0 Å². The molecule has 0 radical (unpaired) electrons. The summed E-state index contributed by atoms with van der Waals surface area (Å²) in [6, 6.07) is 3.21. The van der Waals surface area contributed by atoms with Crippen molar-refractivity contribution in [3.63, 3.8) is 0 Å². The number of anilines is 2. The van der Waals surface area contributed by atoms with Crippen molar-refractivity contribution in [1.82, 2.24) is 14.8 Å². The van der Waals surface area contributed by atoms with Crippen molar-refractivity contribution in [3.8, 4) is 0 Å². The van der Waals surface area contributed by atoms with Crippen LogP contribution in [0.5, 0.6) is 0 Å². The lowest BCUT2D eigenvalue weighted by Gasteiger charge is -2.07. The molecule has 2 heterocycles. The molecule has 0 saturated carbocycles. The van der Waals surface area contributed by atoms with E-state index >= 15 is 0 Å². The highest BCUT2D eigenvalue weighted by molar-refractivity contribution is 5.89. The van der Waals surface area contributed by atoms with Crippen LogP contribution in [0.2, 0.25) is 0 Å². The van der Waals surface area contributed by atoms with Crippen molar-refractivity contribution < 1.29 is 9.90 Å². The lowest BCUT2D eigenvalue weighted by Crippen LogP contribution is -2.04. The molecule has 19 heavy (non-hydrogen) atoms. The molecule has 2 rings (SSSR count). The van der Waals surface area contributed by atoms with Gasteiger partial charge >= 0.3 is 5.97 Å². The molecular weight excluding hydrogens is 244 g/mol. The Morgan fingerprint density at radius 2 is 2.21 bits per heavy atom. The molecule has 2 aromatic rings. The van der Waals surface area contributed by atoms with Crippen molar-refractivity contribution in [2.24, 2.45) is 7.05 Å². The summed E-state index contributed by atoms with van der Waals surface area (Å²) in [6.07, 6.45) is 2.69. The Kier molecular flexibility index (Phi) is 3.50. The molecule has 0 saturated heterocycles. The first-order valence-electron chi connectivity index (χ1n) is 6.01. The number of aryl methyl sites for hydroxylation is 3. The number of aromatic carboxylic acids is 1. The Balaban J connectivity index is 2.28. The Bertz CT molecular complexity index is 619. The summed E-state index contributed by atoms with van der Waals surface area (Å²) in [5, 5.41) is 16.4. The summed E-state index contributed by atoms with van der Waals surface area (Å²) in [5.41, 5.74) is 2.54. The molecule has 0 spiro atoms. The molecule has 0 atom stereocenters. The number of aromatic nitrogens is 3. The van der Waals surface area contributed by atoms with E-state index in [1.807, 2.05) is 20.2 Å². The number of hydrogen-bond donors (Lipinski definition) is 2. The maximum absolute atomic E-state index is 10.9. The van der Waals surface area contributed by atoms with E-state index in [9.17, 15) is 4.79 Å². The second-order valence-electron chi connectivity index (χ2n) is 4.28. The van der Waals surface area contributed by atoms with E-state index in [1.165, 1.54) is 0 Å². The average Bonchev–Trinajstić information content (AvgIpc) is 2.69. The fourth-order valence-electron chi connectivity index (χ4n) is 1.89. The second kappa shape index (κ2) is 5.09. The van der Waals surface area contributed by atoms with E-state index in [0.29, 0.717) is 11.5 Å². The van der Waals surface area contributed by atoms with Gasteiger partial charge in [-0.2, -0.15) is 5.10 Å². The van der Waals surface area contributed by atoms with Crippen LogP contribution >= 0.6 is 0 Å². The Labute approximate surface area is 111 Å². The molecular formula is C13H16N4O2. The van der Waals surface area contributed by atoms with Gasteiger partial charge in [0.2, 0.25) is 0 Å². The highest BCUT2D eigenvalue weighted by Gasteiger charge is 2.10. The molecule has 0 unspecified atom stereocenters. The summed E-state index contributed by atoms with van der Waals surface area (Å²) < 4.78 is 1.74. The van der Waals surface area contributed by atoms with Gasteiger partial charge < -0.3 is 10.4 Å². The van der Waals surface area contributed by atoms with Crippen LogP contribution in [-0.4, -0.2) is 25.8 Å². The normalized spacial score (nSPS) is 10.5. The van der Waals surface area contributed by atoms with Crippen LogP contribution in [0, 0.1) is 6.92 Å². The van der Waals surface area contributed by atoms with Gasteiger partial charge in [-0.3, -0.25) is 4.68 Å². The number of carbonyl (C=O) groups is 1. The highest BCUT2D eigenvalue weighted by atomic mass is 16.4. The molecule has 0 amide bonds. The number of nitrogens with one attached hydrogen (secondary N) is 1. The highest BCUT2D eigenvalue weighted by Crippen LogP contribution is 2.20. The first kappa shape index (κ1) is 13.1. The predicted octanol–water partition coefficient (Wildman–Crippen LogP) is 2.13. The lowest BCUT2D eigenvalue weighted by atomic mass is 10.2. The molecule has 2 aromatic heterocycles. The zero-order valence-electron chi connectivity index (χ0n) is 11.1. The van der Waals surface area contributed by atoms with Crippen LogP contribution in [0.15, 0.2) is 18.3 Å². The molecule has 2 N–H and O–H groups in total. The maximum Gasteiger partial charge on any atom is 0.337 e. The van der Waals surface area contributed by atoms with Crippen LogP contribution in [0.1, 0.15) is 28.7 Å². The number of rotatable bonds is 4. The van der Waals surface area contributed by atoms with Crippen molar-refractivity contribution >= 4 is 17.5 Å². The third-order valence-corrected chi connectivity index (χ3v) is 2.82. The summed E-state index contributed by atoms with van der Waals surface area (Å²) in [5.74, 6) is -0.350. The Hall–Kier alpha value is -2.37. The maximum atomic E-state index is 10.9. The third-order valence-electron chi connectivity index (χ3n) is 2.82. The van der Waals surface area contributed by atoms with E-state index in [2.05, 4.69) is 15.4 Å². The molecule has 0 aliphatic rings. The first-order valence-corrected chi connectivity index (χ1v) is 6.01. The third kappa shape index (κ3) is 2.73. The fourth-order valence-corrected chi connectivity index (χ4v) is 1.89. The van der Waals surface area contributed by atoms with E-state index in [4.69, 9.17) is 5.11 Å². The summed E-state index contributed by atoms with van der Waals surface area (Å²) >= 11 is 0. The number of carboxylic acids is 1. The van der Waals surface area contributed by atoms with Gasteiger partial charge in [-0.05, 0) is 25.5 Å². The van der Waals surface area contributed by atoms with Gasteiger partial charge in [0.25, 0.3) is 0 Å². The van der Waals surface area contributed by atoms with Gasteiger partial charge in [0.15, 0.2) is 0 Å². The van der Waals surface area contributed by atoms with Gasteiger partial charge in [0.1, 0.15) is 5.82 Å². The monoisotopic (exact) mass is 260 g/mol. The van der Waals surface area contributed by atoms with Crippen LogP contribution < -0.4 is 5.32 Å². The van der Waals surface area contributed by atoms with E-state index in [1.54, 1.807) is 23.7 Å². The minimum Gasteiger partial charge on any atom is -0.478 e. The van der Waals surface area contributed by atoms with Crippen LogP contribution in [0.3, 0.4) is 0 Å². The van der Waals surface area contributed by atoms with E-state index < -0.39 is 5.97 Å². The summed E-state index contributed by atoms with van der Waals surface area (Å²) in [4.78, 5) is 15.2. The largest absolute Gasteiger partial charge is 0.478 e. The zero-order chi connectivity index (χ0) is 14.0. The van der Waals surface area contributed by atoms with Gasteiger partial charge in [-0.25, -0.2) is 9.78 Å². The summed E-state index contributed by atoms with van der Waals surface area (Å²) in [7, 11) is 1.86. The number of hydrogen-bond acceptors (Lipinski definition) is 4. The van der Waals surface area contributed by atoms with Crippen molar-refractivity contribution in [2.75, 3.05) is 5.32 Å². The van der Waals surface area contributed by atoms with Gasteiger partial charge in [0.05, 0.1) is 22.6 Å². The van der Waals surface area contributed by atoms with Gasteiger partial charge in [0, 0.05) is 13.2 Å². The molecule has 0 fully saturated rings. The second-order valence-corrected chi connectivity index (χ2v) is 4.28. The van der Waals surface area contributed by atoms with E-state index in [0.717, 1.165) is 17.8 Å². The lowest BCUT2D eigenvalue weighted by molar-refractivity contribution is 0.0695.